The largest absolute Gasteiger partial charge is 0.329 e. The molecule has 0 bridgehead atoms. The highest BCUT2D eigenvalue weighted by molar-refractivity contribution is 4.87. The third-order valence-electron chi connectivity index (χ3n) is 0.906. The Morgan fingerprint density at radius 2 is 2.50 bits per heavy atom. The van der Waals surface area contributed by atoms with E-state index in [1.807, 2.05) is 6.92 Å². The Morgan fingerprint density at radius 1 is 1.88 bits per heavy atom. The van der Waals surface area contributed by atoms with E-state index >= 15 is 0 Å². The molecular weight excluding hydrogens is 100 g/mol. The van der Waals surface area contributed by atoms with E-state index in [0.717, 1.165) is 0 Å². The summed E-state index contributed by atoms with van der Waals surface area (Å²) >= 11 is 0. The van der Waals surface area contributed by atoms with Crippen LogP contribution >= 0.6 is 0 Å². The molecule has 0 amide bonds. The molecular formula is C6H12N2. The van der Waals surface area contributed by atoms with Crippen LogP contribution in [0.5, 0.6) is 0 Å². The lowest BCUT2D eigenvalue weighted by Gasteiger charge is -2.05. The van der Waals surface area contributed by atoms with E-state index in [2.05, 4.69) is 11.2 Å². The van der Waals surface area contributed by atoms with Gasteiger partial charge in [-0.3, -0.25) is 0 Å². The Labute approximate surface area is 50.5 Å². The van der Waals surface area contributed by atoms with E-state index in [9.17, 15) is 0 Å². The summed E-state index contributed by atoms with van der Waals surface area (Å²) in [5, 5.41) is 3.02. The summed E-state index contributed by atoms with van der Waals surface area (Å²) in [5.74, 6) is 2.47. The summed E-state index contributed by atoms with van der Waals surface area (Å²) < 4.78 is 0. The van der Waals surface area contributed by atoms with Gasteiger partial charge in [-0.05, 0) is 6.92 Å². The van der Waals surface area contributed by atoms with Crippen molar-refractivity contribution in [2.75, 3.05) is 13.1 Å². The molecule has 0 aromatic carbocycles. The Balaban J connectivity index is 3.01. The van der Waals surface area contributed by atoms with Crippen LogP contribution in [0.2, 0.25) is 0 Å². The van der Waals surface area contributed by atoms with Gasteiger partial charge in [0.1, 0.15) is 0 Å². The zero-order valence-electron chi connectivity index (χ0n) is 5.15. The van der Waals surface area contributed by atoms with Gasteiger partial charge in [0, 0.05) is 12.6 Å². The predicted octanol–water partition coefficient (Wildman–Crippen LogP) is -0.444. The van der Waals surface area contributed by atoms with E-state index in [1.54, 1.807) is 0 Å². The molecule has 0 rings (SSSR count). The van der Waals surface area contributed by atoms with Gasteiger partial charge in [-0.2, -0.15) is 0 Å². The first-order chi connectivity index (χ1) is 3.81. The molecule has 2 heteroatoms. The minimum absolute atomic E-state index is 0.339. The smallest absolute Gasteiger partial charge is 0.0576 e. The lowest BCUT2D eigenvalue weighted by atomic mass is 10.3. The number of rotatable bonds is 3. The van der Waals surface area contributed by atoms with Crippen molar-refractivity contribution < 1.29 is 0 Å². The summed E-state index contributed by atoms with van der Waals surface area (Å²) in [5.41, 5.74) is 5.28. The number of hydrogen-bond donors (Lipinski definition) is 2. The Morgan fingerprint density at radius 3 is 2.88 bits per heavy atom. The average molecular weight is 112 g/mol. The van der Waals surface area contributed by atoms with Crippen molar-refractivity contribution in [2.45, 2.75) is 13.0 Å². The lowest BCUT2D eigenvalue weighted by molar-refractivity contribution is 0.598. The molecule has 0 aliphatic carbocycles. The second-order valence-corrected chi connectivity index (χ2v) is 1.72. The van der Waals surface area contributed by atoms with Gasteiger partial charge in [-0.1, -0.05) is 5.92 Å². The van der Waals surface area contributed by atoms with Crippen LogP contribution in [0.3, 0.4) is 0 Å². The Hall–Kier alpha value is -0.520. The molecule has 0 aliphatic heterocycles. The quantitative estimate of drug-likeness (QED) is 0.486. The van der Waals surface area contributed by atoms with Gasteiger partial charge in [0.15, 0.2) is 0 Å². The molecule has 0 aliphatic rings. The normalized spacial score (nSPS) is 12.6. The minimum atomic E-state index is 0.339. The van der Waals surface area contributed by atoms with Gasteiger partial charge in [-0.15, -0.1) is 6.42 Å². The number of nitrogens with two attached hydrogens (primary N) is 1. The Kier molecular flexibility index (Phi) is 4.33. The molecule has 3 N–H and O–H groups in total. The molecule has 1 atom stereocenters. The second-order valence-electron chi connectivity index (χ2n) is 1.72. The fraction of sp³-hybridized carbons (Fsp3) is 0.667. The maximum absolute atomic E-state index is 5.28. The second kappa shape index (κ2) is 4.63. The van der Waals surface area contributed by atoms with Crippen LogP contribution in [-0.4, -0.2) is 19.1 Å². The van der Waals surface area contributed by atoms with Crippen LogP contribution in [-0.2, 0) is 0 Å². The van der Waals surface area contributed by atoms with Gasteiger partial charge in [0.2, 0.25) is 0 Å². The van der Waals surface area contributed by atoms with Gasteiger partial charge in [0.25, 0.3) is 0 Å². The van der Waals surface area contributed by atoms with Crippen LogP contribution in [0.4, 0.5) is 0 Å². The van der Waals surface area contributed by atoms with Gasteiger partial charge >= 0.3 is 0 Å². The third kappa shape index (κ3) is 3.66. The molecule has 0 aromatic rings. The van der Waals surface area contributed by atoms with E-state index in [0.29, 0.717) is 19.1 Å². The topological polar surface area (TPSA) is 38.0 Å². The average Bonchev–Trinajstić information content (AvgIpc) is 1.83. The van der Waals surface area contributed by atoms with Crippen LogP contribution in [0.15, 0.2) is 0 Å². The van der Waals surface area contributed by atoms with Gasteiger partial charge in [0.05, 0.1) is 6.54 Å². The SMILES string of the molecule is C#CCNC(C)CN. The van der Waals surface area contributed by atoms with Gasteiger partial charge < -0.3 is 11.1 Å². The summed E-state index contributed by atoms with van der Waals surface area (Å²) in [6.07, 6.45) is 4.98. The minimum Gasteiger partial charge on any atom is -0.329 e. The van der Waals surface area contributed by atoms with Crippen LogP contribution in [0, 0.1) is 12.3 Å². The summed E-state index contributed by atoms with van der Waals surface area (Å²) in [6.45, 7) is 3.25. The maximum atomic E-state index is 5.28. The molecule has 1 unspecified atom stereocenters. The first kappa shape index (κ1) is 7.48. The summed E-state index contributed by atoms with van der Waals surface area (Å²) in [4.78, 5) is 0. The number of nitrogens with one attached hydrogen (secondary N) is 1. The maximum Gasteiger partial charge on any atom is 0.0576 e. The van der Waals surface area contributed by atoms with Crippen molar-refractivity contribution in [2.24, 2.45) is 5.73 Å². The fourth-order valence-corrected chi connectivity index (χ4v) is 0.316. The number of terminal acetylenes is 1. The predicted molar refractivity (Wildman–Crippen MR) is 35.4 cm³/mol. The zero-order valence-corrected chi connectivity index (χ0v) is 5.15. The van der Waals surface area contributed by atoms with Crippen LogP contribution in [0.1, 0.15) is 6.92 Å². The molecule has 46 valence electrons. The van der Waals surface area contributed by atoms with Crippen molar-refractivity contribution in [1.82, 2.24) is 5.32 Å². The number of hydrogen-bond acceptors (Lipinski definition) is 2. The van der Waals surface area contributed by atoms with Gasteiger partial charge in [-0.25, -0.2) is 0 Å². The molecule has 0 radical (unpaired) electrons. The molecule has 0 spiro atoms. The van der Waals surface area contributed by atoms with Crippen molar-refractivity contribution in [3.63, 3.8) is 0 Å². The highest BCUT2D eigenvalue weighted by Gasteiger charge is 1.91. The lowest BCUT2D eigenvalue weighted by Crippen LogP contribution is -2.33. The molecule has 0 heterocycles. The molecule has 2 nitrogen and oxygen atoms in total. The van der Waals surface area contributed by atoms with Crippen LogP contribution in [0.25, 0.3) is 0 Å². The van der Waals surface area contributed by atoms with Crippen molar-refractivity contribution >= 4 is 0 Å². The van der Waals surface area contributed by atoms with Crippen LogP contribution < -0.4 is 11.1 Å². The van der Waals surface area contributed by atoms with Crippen molar-refractivity contribution in [1.29, 1.82) is 0 Å². The molecule has 0 saturated carbocycles. The van der Waals surface area contributed by atoms with E-state index in [4.69, 9.17) is 12.2 Å². The standard InChI is InChI=1S/C6H12N2/c1-3-4-8-6(2)5-7/h1,6,8H,4-5,7H2,2H3. The van der Waals surface area contributed by atoms with E-state index in [-0.39, 0.29) is 0 Å². The van der Waals surface area contributed by atoms with E-state index in [1.165, 1.54) is 0 Å². The van der Waals surface area contributed by atoms with Crippen molar-refractivity contribution in [3.05, 3.63) is 0 Å². The first-order valence-corrected chi connectivity index (χ1v) is 2.68. The Bertz CT molecular complexity index is 83.0. The highest BCUT2D eigenvalue weighted by Crippen LogP contribution is 1.71. The molecule has 0 saturated heterocycles. The first-order valence-electron chi connectivity index (χ1n) is 2.68. The molecule has 8 heavy (non-hydrogen) atoms. The molecule has 0 fully saturated rings. The third-order valence-corrected chi connectivity index (χ3v) is 0.906. The monoisotopic (exact) mass is 112 g/mol. The van der Waals surface area contributed by atoms with Crippen molar-refractivity contribution in [3.8, 4) is 12.3 Å². The molecule has 0 aromatic heterocycles. The highest BCUT2D eigenvalue weighted by atomic mass is 14.9. The van der Waals surface area contributed by atoms with E-state index < -0.39 is 0 Å². The summed E-state index contributed by atoms with van der Waals surface area (Å²) in [6, 6.07) is 0.339. The zero-order chi connectivity index (χ0) is 6.41. The summed E-state index contributed by atoms with van der Waals surface area (Å²) in [7, 11) is 0. The fourth-order valence-electron chi connectivity index (χ4n) is 0.316.